The molecule has 0 amide bonds. The number of carbonyl (C=O) groups is 2. The second kappa shape index (κ2) is 7.95. The van der Waals surface area contributed by atoms with E-state index in [2.05, 4.69) is 4.89 Å². The van der Waals surface area contributed by atoms with E-state index < -0.39 is 18.0 Å². The van der Waals surface area contributed by atoms with Crippen LogP contribution in [0.2, 0.25) is 0 Å². The van der Waals surface area contributed by atoms with Crippen molar-refractivity contribution in [1.29, 1.82) is 0 Å². The van der Waals surface area contributed by atoms with Gasteiger partial charge in [0.1, 0.15) is 12.7 Å². The standard InChI is InChI=1S/C17H16O5/c1-13(21-16(18)14-8-4-2-5-9-14)12-20-22-17(19)15-10-6-3-7-11-15/h2-11,13H,12H2,1H3. The first-order valence-electron chi connectivity index (χ1n) is 6.81. The second-order valence-electron chi connectivity index (χ2n) is 4.60. The molecule has 0 aliphatic rings. The van der Waals surface area contributed by atoms with Gasteiger partial charge in [0.25, 0.3) is 0 Å². The summed E-state index contributed by atoms with van der Waals surface area (Å²) < 4.78 is 5.17. The Morgan fingerprint density at radius 2 is 1.36 bits per heavy atom. The highest BCUT2D eigenvalue weighted by atomic mass is 17.2. The first kappa shape index (κ1) is 15.7. The highest BCUT2D eigenvalue weighted by molar-refractivity contribution is 5.89. The van der Waals surface area contributed by atoms with Gasteiger partial charge in [-0.1, -0.05) is 36.4 Å². The normalized spacial score (nSPS) is 11.5. The van der Waals surface area contributed by atoms with E-state index in [0.29, 0.717) is 11.1 Å². The molecule has 2 aromatic carbocycles. The number of hydrogen-bond donors (Lipinski definition) is 0. The summed E-state index contributed by atoms with van der Waals surface area (Å²) >= 11 is 0. The summed E-state index contributed by atoms with van der Waals surface area (Å²) in [5, 5.41) is 0. The Balaban J connectivity index is 1.73. The maximum Gasteiger partial charge on any atom is 0.373 e. The Morgan fingerprint density at radius 3 is 1.91 bits per heavy atom. The van der Waals surface area contributed by atoms with Crippen molar-refractivity contribution in [3.63, 3.8) is 0 Å². The maximum atomic E-state index is 11.8. The molecule has 0 N–H and O–H groups in total. The third-order valence-corrected chi connectivity index (χ3v) is 2.76. The molecule has 5 heteroatoms. The molecular formula is C17H16O5. The van der Waals surface area contributed by atoms with Gasteiger partial charge < -0.3 is 4.74 Å². The minimum Gasteiger partial charge on any atom is -0.456 e. The SMILES string of the molecule is CC(COOC(=O)c1ccccc1)OC(=O)c1ccccc1. The van der Waals surface area contributed by atoms with Gasteiger partial charge in [0.05, 0.1) is 11.1 Å². The van der Waals surface area contributed by atoms with E-state index in [9.17, 15) is 9.59 Å². The lowest BCUT2D eigenvalue weighted by Gasteiger charge is -2.12. The van der Waals surface area contributed by atoms with Crippen LogP contribution in [0.5, 0.6) is 0 Å². The Labute approximate surface area is 128 Å². The third kappa shape index (κ3) is 4.71. The van der Waals surface area contributed by atoms with Crippen molar-refractivity contribution < 1.29 is 24.1 Å². The van der Waals surface area contributed by atoms with Crippen molar-refractivity contribution in [2.75, 3.05) is 6.61 Å². The highest BCUT2D eigenvalue weighted by Crippen LogP contribution is 2.05. The number of rotatable bonds is 6. The van der Waals surface area contributed by atoms with Crippen LogP contribution in [0.4, 0.5) is 0 Å². The molecule has 5 nitrogen and oxygen atoms in total. The summed E-state index contributed by atoms with van der Waals surface area (Å²) in [7, 11) is 0. The Bertz CT molecular complexity index is 609. The molecule has 0 heterocycles. The molecule has 1 unspecified atom stereocenters. The van der Waals surface area contributed by atoms with E-state index in [1.165, 1.54) is 0 Å². The van der Waals surface area contributed by atoms with E-state index >= 15 is 0 Å². The van der Waals surface area contributed by atoms with E-state index in [1.54, 1.807) is 61.5 Å². The van der Waals surface area contributed by atoms with Crippen molar-refractivity contribution in [3.8, 4) is 0 Å². The van der Waals surface area contributed by atoms with Crippen LogP contribution < -0.4 is 0 Å². The lowest BCUT2D eigenvalue weighted by molar-refractivity contribution is -0.252. The Kier molecular flexibility index (Phi) is 5.68. The van der Waals surface area contributed by atoms with Gasteiger partial charge in [0.2, 0.25) is 0 Å². The smallest absolute Gasteiger partial charge is 0.373 e. The van der Waals surface area contributed by atoms with Crippen LogP contribution in [0, 0.1) is 0 Å². The molecule has 22 heavy (non-hydrogen) atoms. The van der Waals surface area contributed by atoms with Gasteiger partial charge in [0, 0.05) is 0 Å². The third-order valence-electron chi connectivity index (χ3n) is 2.76. The molecule has 0 saturated heterocycles. The molecule has 2 rings (SSSR count). The van der Waals surface area contributed by atoms with Crippen molar-refractivity contribution in [1.82, 2.24) is 0 Å². The van der Waals surface area contributed by atoms with Gasteiger partial charge in [-0.2, -0.15) is 4.89 Å². The van der Waals surface area contributed by atoms with Crippen LogP contribution in [0.1, 0.15) is 27.6 Å². The van der Waals surface area contributed by atoms with Crippen LogP contribution in [-0.2, 0) is 14.5 Å². The van der Waals surface area contributed by atoms with Crippen LogP contribution in [0.3, 0.4) is 0 Å². The minimum atomic E-state index is -0.595. The molecule has 0 aliphatic carbocycles. The van der Waals surface area contributed by atoms with Gasteiger partial charge in [-0.25, -0.2) is 9.59 Å². The largest absolute Gasteiger partial charge is 0.456 e. The lowest BCUT2D eigenvalue weighted by atomic mass is 10.2. The zero-order chi connectivity index (χ0) is 15.8. The average Bonchev–Trinajstić information content (AvgIpc) is 2.56. The summed E-state index contributed by atoms with van der Waals surface area (Å²) in [5.41, 5.74) is 0.840. The van der Waals surface area contributed by atoms with Crippen molar-refractivity contribution in [2.24, 2.45) is 0 Å². The Hall–Kier alpha value is -2.66. The quantitative estimate of drug-likeness (QED) is 0.466. The molecule has 0 saturated carbocycles. The van der Waals surface area contributed by atoms with Gasteiger partial charge in [0.15, 0.2) is 0 Å². The van der Waals surface area contributed by atoms with Crippen molar-refractivity contribution in [2.45, 2.75) is 13.0 Å². The van der Waals surface area contributed by atoms with Crippen molar-refractivity contribution >= 4 is 11.9 Å². The summed E-state index contributed by atoms with van der Waals surface area (Å²) in [6, 6.07) is 17.1. The second-order valence-corrected chi connectivity index (χ2v) is 4.60. The monoisotopic (exact) mass is 300 g/mol. The molecule has 0 radical (unpaired) electrons. The molecule has 0 aliphatic heterocycles. The van der Waals surface area contributed by atoms with Crippen LogP contribution >= 0.6 is 0 Å². The summed E-state index contributed by atoms with van der Waals surface area (Å²) in [6.45, 7) is 1.61. The fourth-order valence-corrected chi connectivity index (χ4v) is 1.66. The molecule has 1 atom stereocenters. The molecule has 0 bridgehead atoms. The van der Waals surface area contributed by atoms with Gasteiger partial charge in [-0.05, 0) is 31.2 Å². The number of hydrogen-bond acceptors (Lipinski definition) is 5. The van der Waals surface area contributed by atoms with Crippen LogP contribution in [0.15, 0.2) is 60.7 Å². The number of carbonyl (C=O) groups excluding carboxylic acids is 2. The molecule has 0 aromatic heterocycles. The van der Waals surface area contributed by atoms with Gasteiger partial charge >= 0.3 is 11.9 Å². The lowest BCUT2D eigenvalue weighted by Crippen LogP contribution is -2.21. The molecule has 114 valence electrons. The van der Waals surface area contributed by atoms with E-state index in [0.717, 1.165) is 0 Å². The summed E-state index contributed by atoms with van der Waals surface area (Å²) in [4.78, 5) is 32.9. The first-order chi connectivity index (χ1) is 10.7. The molecule has 0 spiro atoms. The van der Waals surface area contributed by atoms with E-state index in [1.807, 2.05) is 6.07 Å². The van der Waals surface area contributed by atoms with E-state index in [-0.39, 0.29) is 6.61 Å². The highest BCUT2D eigenvalue weighted by Gasteiger charge is 2.14. The fourth-order valence-electron chi connectivity index (χ4n) is 1.66. The van der Waals surface area contributed by atoms with Crippen LogP contribution in [-0.4, -0.2) is 24.6 Å². The Morgan fingerprint density at radius 1 is 0.864 bits per heavy atom. The number of ether oxygens (including phenoxy) is 1. The number of benzene rings is 2. The van der Waals surface area contributed by atoms with E-state index in [4.69, 9.17) is 9.62 Å². The topological polar surface area (TPSA) is 61.8 Å². The average molecular weight is 300 g/mol. The fraction of sp³-hybridized carbons (Fsp3) is 0.176. The predicted octanol–water partition coefficient (Wildman–Crippen LogP) is 3.02. The molecular weight excluding hydrogens is 284 g/mol. The van der Waals surface area contributed by atoms with Gasteiger partial charge in [-0.15, -0.1) is 0 Å². The minimum absolute atomic E-state index is 0.0445. The van der Waals surface area contributed by atoms with Gasteiger partial charge in [-0.3, -0.25) is 4.89 Å². The predicted molar refractivity (Wildman–Crippen MR) is 79.1 cm³/mol. The first-order valence-corrected chi connectivity index (χ1v) is 6.81. The molecule has 2 aromatic rings. The van der Waals surface area contributed by atoms with Crippen LogP contribution in [0.25, 0.3) is 0 Å². The molecule has 0 fully saturated rings. The zero-order valence-electron chi connectivity index (χ0n) is 12.1. The summed E-state index contributed by atoms with van der Waals surface area (Å²) in [6.07, 6.45) is -0.545. The van der Waals surface area contributed by atoms with Crippen molar-refractivity contribution in [3.05, 3.63) is 71.8 Å². The maximum absolute atomic E-state index is 11.8. The zero-order valence-corrected chi connectivity index (χ0v) is 12.1. The number of esters is 1. The summed E-state index contributed by atoms with van der Waals surface area (Å²) in [5.74, 6) is -1.05.